The number of hydrogen-bond acceptors (Lipinski definition) is 6. The molecule has 0 aromatic carbocycles. The van der Waals surface area contributed by atoms with Crippen LogP contribution in [0.3, 0.4) is 0 Å². The van der Waals surface area contributed by atoms with Gasteiger partial charge in [0.2, 0.25) is 0 Å². The monoisotopic (exact) mass is 243 g/mol. The van der Waals surface area contributed by atoms with Crippen LogP contribution in [-0.2, 0) is 4.74 Å². The Labute approximate surface area is 95.3 Å². The fourth-order valence-electron chi connectivity index (χ4n) is 1.78. The Hall–Kier alpha value is -1.48. The minimum Gasteiger partial charge on any atom is -0.394 e. The summed E-state index contributed by atoms with van der Waals surface area (Å²) in [5, 5.41) is 18.8. The standard InChI is InChI=1S/C9H13N3O5/c10-6-4(3-13)17-8(7(6)15)12-2-1-5(14)11-9(12)16/h1-2,4,6-8,13,15H,3,10H2,(H,11,14,16)/t4-,6?,7?,8-/m0/s1. The zero-order valence-corrected chi connectivity index (χ0v) is 8.81. The molecule has 1 aliphatic rings. The number of nitrogens with one attached hydrogen (secondary N) is 1. The van der Waals surface area contributed by atoms with E-state index in [-0.39, 0.29) is 6.61 Å². The molecule has 5 N–H and O–H groups in total. The van der Waals surface area contributed by atoms with Gasteiger partial charge in [-0.3, -0.25) is 14.3 Å². The lowest BCUT2D eigenvalue weighted by molar-refractivity contribution is -0.0532. The molecule has 8 nitrogen and oxygen atoms in total. The average molecular weight is 243 g/mol. The lowest BCUT2D eigenvalue weighted by atomic mass is 10.1. The summed E-state index contributed by atoms with van der Waals surface area (Å²) >= 11 is 0. The van der Waals surface area contributed by atoms with Crippen LogP contribution in [0, 0.1) is 0 Å². The minimum atomic E-state index is -1.13. The van der Waals surface area contributed by atoms with Crippen LogP contribution in [0.25, 0.3) is 0 Å². The fourth-order valence-corrected chi connectivity index (χ4v) is 1.78. The molecular weight excluding hydrogens is 230 g/mol. The van der Waals surface area contributed by atoms with Gasteiger partial charge in [-0.2, -0.15) is 0 Å². The highest BCUT2D eigenvalue weighted by Gasteiger charge is 2.42. The Morgan fingerprint density at radius 3 is 2.76 bits per heavy atom. The summed E-state index contributed by atoms with van der Waals surface area (Å²) in [6, 6.07) is 0.346. The lowest BCUT2D eigenvalue weighted by Gasteiger charge is -2.16. The number of aliphatic hydroxyl groups is 2. The van der Waals surface area contributed by atoms with E-state index in [1.54, 1.807) is 0 Å². The first-order chi connectivity index (χ1) is 8.04. The van der Waals surface area contributed by atoms with Gasteiger partial charge in [-0.05, 0) is 0 Å². The molecule has 0 saturated carbocycles. The predicted molar refractivity (Wildman–Crippen MR) is 56.3 cm³/mol. The van der Waals surface area contributed by atoms with Crippen molar-refractivity contribution in [3.05, 3.63) is 33.1 Å². The van der Waals surface area contributed by atoms with Crippen molar-refractivity contribution in [1.82, 2.24) is 9.55 Å². The third kappa shape index (κ3) is 2.03. The quantitative estimate of drug-likeness (QED) is 0.441. The molecule has 8 heteroatoms. The van der Waals surface area contributed by atoms with Crippen LogP contribution in [0.1, 0.15) is 6.23 Å². The van der Waals surface area contributed by atoms with Gasteiger partial charge >= 0.3 is 5.69 Å². The Balaban J connectivity index is 2.35. The first kappa shape index (κ1) is 12.0. The van der Waals surface area contributed by atoms with E-state index in [2.05, 4.69) is 0 Å². The highest BCUT2D eigenvalue weighted by atomic mass is 16.5. The van der Waals surface area contributed by atoms with Crippen molar-refractivity contribution < 1.29 is 14.9 Å². The van der Waals surface area contributed by atoms with Gasteiger partial charge in [0.15, 0.2) is 6.23 Å². The largest absolute Gasteiger partial charge is 0.394 e. The number of aliphatic hydroxyl groups excluding tert-OH is 2. The normalized spacial score (nSPS) is 32.9. The van der Waals surface area contributed by atoms with E-state index in [0.29, 0.717) is 0 Å². The summed E-state index contributed by atoms with van der Waals surface area (Å²) in [6.45, 7) is -0.354. The van der Waals surface area contributed by atoms with Gasteiger partial charge < -0.3 is 20.7 Å². The second-order valence-corrected chi connectivity index (χ2v) is 3.83. The van der Waals surface area contributed by atoms with Crippen molar-refractivity contribution >= 4 is 0 Å². The first-order valence-corrected chi connectivity index (χ1v) is 5.06. The van der Waals surface area contributed by atoms with Gasteiger partial charge in [0.1, 0.15) is 12.2 Å². The number of hydrogen-bond donors (Lipinski definition) is 4. The Kier molecular flexibility index (Phi) is 3.11. The maximum atomic E-state index is 11.5. The van der Waals surface area contributed by atoms with Crippen LogP contribution < -0.4 is 17.0 Å². The number of aromatic nitrogens is 2. The van der Waals surface area contributed by atoms with Crippen LogP contribution in [0.5, 0.6) is 0 Å². The van der Waals surface area contributed by atoms with Crippen LogP contribution in [0.2, 0.25) is 0 Å². The molecule has 1 aromatic heterocycles. The highest BCUT2D eigenvalue weighted by molar-refractivity contribution is 4.94. The topological polar surface area (TPSA) is 131 Å². The molecule has 1 aromatic rings. The summed E-state index contributed by atoms with van der Waals surface area (Å²) in [7, 11) is 0. The molecule has 0 spiro atoms. The van der Waals surface area contributed by atoms with Gasteiger partial charge in [0.25, 0.3) is 5.56 Å². The van der Waals surface area contributed by atoms with Crippen molar-refractivity contribution in [2.75, 3.05) is 6.61 Å². The SMILES string of the molecule is NC1C(O)[C@@H](n2ccc(=O)[nH]c2=O)O[C@H]1CO. The summed E-state index contributed by atoms with van der Waals surface area (Å²) in [4.78, 5) is 24.4. The summed E-state index contributed by atoms with van der Waals surface area (Å²) in [6.07, 6.45) is -1.67. The van der Waals surface area contributed by atoms with Crippen molar-refractivity contribution in [3.63, 3.8) is 0 Å². The molecule has 4 atom stereocenters. The van der Waals surface area contributed by atoms with E-state index in [0.717, 1.165) is 10.6 Å². The molecule has 0 amide bonds. The molecule has 94 valence electrons. The van der Waals surface area contributed by atoms with E-state index in [9.17, 15) is 14.7 Å². The molecule has 0 bridgehead atoms. The first-order valence-electron chi connectivity index (χ1n) is 5.06. The fraction of sp³-hybridized carbons (Fsp3) is 0.556. The summed E-state index contributed by atoms with van der Waals surface area (Å²) in [5.41, 5.74) is 4.38. The lowest BCUT2D eigenvalue weighted by Crippen LogP contribution is -2.42. The van der Waals surface area contributed by atoms with Gasteiger partial charge in [-0.1, -0.05) is 0 Å². The summed E-state index contributed by atoms with van der Waals surface area (Å²) in [5.74, 6) is 0. The summed E-state index contributed by atoms with van der Waals surface area (Å²) < 4.78 is 6.29. The van der Waals surface area contributed by atoms with Gasteiger partial charge in [-0.15, -0.1) is 0 Å². The number of aromatic amines is 1. The maximum absolute atomic E-state index is 11.5. The molecule has 1 fully saturated rings. The second kappa shape index (κ2) is 4.41. The Bertz CT molecular complexity index is 510. The van der Waals surface area contributed by atoms with E-state index in [1.807, 2.05) is 4.98 Å². The third-order valence-corrected chi connectivity index (χ3v) is 2.74. The third-order valence-electron chi connectivity index (χ3n) is 2.74. The zero-order valence-electron chi connectivity index (χ0n) is 8.81. The van der Waals surface area contributed by atoms with E-state index < -0.39 is 35.7 Å². The predicted octanol–water partition coefficient (Wildman–Crippen LogP) is -2.89. The van der Waals surface area contributed by atoms with Crippen LogP contribution in [0.4, 0.5) is 0 Å². The maximum Gasteiger partial charge on any atom is 0.330 e. The smallest absolute Gasteiger partial charge is 0.330 e. The Morgan fingerprint density at radius 1 is 1.53 bits per heavy atom. The van der Waals surface area contributed by atoms with Crippen molar-refractivity contribution in [3.8, 4) is 0 Å². The van der Waals surface area contributed by atoms with Gasteiger partial charge in [0, 0.05) is 12.3 Å². The number of nitrogens with two attached hydrogens (primary N) is 1. The molecule has 2 unspecified atom stereocenters. The van der Waals surface area contributed by atoms with Gasteiger partial charge in [0.05, 0.1) is 12.6 Å². The molecule has 0 radical (unpaired) electrons. The highest BCUT2D eigenvalue weighted by Crippen LogP contribution is 2.26. The molecule has 2 rings (SSSR count). The number of rotatable bonds is 2. The molecule has 1 aliphatic heterocycles. The zero-order chi connectivity index (χ0) is 12.6. The van der Waals surface area contributed by atoms with E-state index >= 15 is 0 Å². The average Bonchev–Trinajstić information content (AvgIpc) is 2.57. The molecule has 17 heavy (non-hydrogen) atoms. The van der Waals surface area contributed by atoms with Crippen molar-refractivity contribution in [2.24, 2.45) is 5.73 Å². The number of ether oxygens (including phenoxy) is 1. The van der Waals surface area contributed by atoms with Crippen molar-refractivity contribution in [2.45, 2.75) is 24.5 Å². The van der Waals surface area contributed by atoms with Crippen LogP contribution in [0.15, 0.2) is 21.9 Å². The van der Waals surface area contributed by atoms with Gasteiger partial charge in [-0.25, -0.2) is 4.79 Å². The van der Waals surface area contributed by atoms with Crippen LogP contribution in [-0.4, -0.2) is 44.6 Å². The molecule has 2 heterocycles. The minimum absolute atomic E-state index is 0.354. The molecular formula is C9H13N3O5. The Morgan fingerprint density at radius 2 is 2.24 bits per heavy atom. The van der Waals surface area contributed by atoms with Crippen molar-refractivity contribution in [1.29, 1.82) is 0 Å². The molecule has 0 aliphatic carbocycles. The molecule has 1 saturated heterocycles. The number of nitrogens with zero attached hydrogens (tertiary/aromatic N) is 1. The number of H-pyrrole nitrogens is 1. The second-order valence-electron chi connectivity index (χ2n) is 3.83. The van der Waals surface area contributed by atoms with Crippen LogP contribution >= 0.6 is 0 Å². The van der Waals surface area contributed by atoms with E-state index in [4.69, 9.17) is 15.6 Å². The van der Waals surface area contributed by atoms with E-state index in [1.165, 1.54) is 6.20 Å².